The fourth-order valence-electron chi connectivity index (χ4n) is 10.8. The molecule has 0 spiro atoms. The molecule has 5 aromatic carbocycles. The van der Waals surface area contributed by atoms with Gasteiger partial charge in [-0.15, -0.1) is 0 Å². The van der Waals surface area contributed by atoms with E-state index in [0.717, 1.165) is 28.9 Å². The average Bonchev–Trinajstić information content (AvgIpc) is 3.62. The van der Waals surface area contributed by atoms with Crippen LogP contribution in [0.15, 0.2) is 109 Å². The van der Waals surface area contributed by atoms with Gasteiger partial charge < -0.3 is 0 Å². The van der Waals surface area contributed by atoms with Crippen molar-refractivity contribution in [2.24, 2.45) is 0 Å². The first-order chi connectivity index (χ1) is 32.9. The van der Waals surface area contributed by atoms with Crippen LogP contribution in [0.5, 0.6) is 0 Å². The number of aryl methyl sites for hydroxylation is 3. The second kappa shape index (κ2) is 26.0. The first-order valence-corrected chi connectivity index (χ1v) is 27.2. The highest BCUT2D eigenvalue weighted by molar-refractivity contribution is 5.84. The van der Waals surface area contributed by atoms with E-state index < -0.39 is 0 Å². The van der Waals surface area contributed by atoms with Crippen molar-refractivity contribution in [3.05, 3.63) is 137 Å². The number of hydrogen-bond acceptors (Lipinski definition) is 3. The summed E-state index contributed by atoms with van der Waals surface area (Å²) in [6, 6.07) is 41.2. The van der Waals surface area contributed by atoms with Gasteiger partial charge in [0.05, 0.1) is 0 Å². The van der Waals surface area contributed by atoms with Gasteiger partial charge in [0.2, 0.25) is 0 Å². The number of hydrogen-bond donors (Lipinski definition) is 0. The zero-order valence-corrected chi connectivity index (χ0v) is 42.4. The van der Waals surface area contributed by atoms with Gasteiger partial charge in [-0.2, -0.15) is 0 Å². The van der Waals surface area contributed by atoms with E-state index in [4.69, 9.17) is 15.0 Å². The van der Waals surface area contributed by atoms with Crippen molar-refractivity contribution in [2.75, 3.05) is 0 Å². The molecule has 67 heavy (non-hydrogen) atoms. The molecule has 0 N–H and O–H groups in total. The van der Waals surface area contributed by atoms with Crippen molar-refractivity contribution >= 4 is 0 Å². The quantitative estimate of drug-likeness (QED) is 0.0440. The van der Waals surface area contributed by atoms with E-state index in [1.54, 1.807) is 11.1 Å². The lowest BCUT2D eigenvalue weighted by molar-refractivity contribution is 0.398. The Morgan fingerprint density at radius 2 is 0.687 bits per heavy atom. The predicted molar refractivity (Wildman–Crippen MR) is 289 cm³/mol. The van der Waals surface area contributed by atoms with E-state index in [1.165, 1.54) is 193 Å². The summed E-state index contributed by atoms with van der Waals surface area (Å²) in [5.41, 5.74) is 15.6. The summed E-state index contributed by atoms with van der Waals surface area (Å²) in [5.74, 6) is 2.13. The minimum atomic E-state index is 0.0565. The number of unbranched alkanes of at least 4 members (excludes halogenated alkanes) is 19. The normalized spacial score (nSPS) is 12.7. The van der Waals surface area contributed by atoms with Gasteiger partial charge in [-0.25, -0.2) is 15.0 Å². The highest BCUT2D eigenvalue weighted by Crippen LogP contribution is 2.55. The topological polar surface area (TPSA) is 38.7 Å². The van der Waals surface area contributed by atoms with Gasteiger partial charge in [-0.1, -0.05) is 270 Å². The summed E-state index contributed by atoms with van der Waals surface area (Å²) in [7, 11) is 0. The molecule has 1 aromatic heterocycles. The Balaban J connectivity index is 1.12. The van der Waals surface area contributed by atoms with Crippen molar-refractivity contribution in [3.63, 3.8) is 0 Å². The summed E-state index contributed by atoms with van der Waals surface area (Å²) >= 11 is 0. The molecule has 0 amide bonds. The fourth-order valence-corrected chi connectivity index (χ4v) is 10.8. The van der Waals surface area contributed by atoms with Gasteiger partial charge in [-0.05, 0) is 84.5 Å². The first-order valence-electron chi connectivity index (χ1n) is 27.2. The monoisotopic (exact) mass is 894 g/mol. The van der Waals surface area contributed by atoms with E-state index >= 15 is 0 Å². The van der Waals surface area contributed by atoms with Gasteiger partial charge in [0, 0.05) is 22.1 Å². The summed E-state index contributed by atoms with van der Waals surface area (Å²) in [6.07, 6.45) is 33.1. The van der Waals surface area contributed by atoms with Crippen LogP contribution in [0.3, 0.4) is 0 Å². The van der Waals surface area contributed by atoms with Crippen molar-refractivity contribution in [1.82, 2.24) is 15.0 Å². The highest BCUT2D eigenvalue weighted by atomic mass is 15.0. The average molecular weight is 894 g/mol. The summed E-state index contributed by atoms with van der Waals surface area (Å²) < 4.78 is 0. The lowest BCUT2D eigenvalue weighted by Gasteiger charge is -2.33. The largest absolute Gasteiger partial charge is 0.208 e. The molecule has 0 unspecified atom stereocenters. The standard InChI is InChI=1S/C64H83N3/c1-6-9-12-15-18-19-20-21-22-25-28-51-32-36-54(37-33-51)62-65-61(53-34-29-49(4)30-35-53)66-63(67-62)55-40-38-52(39-41-55)56-42-44-58-57-43-31-50(5)47-59(57)64(60(58)48-56,45-26-23-16-13-10-7-2)46-27-24-17-14-11-8-3/h29-44,47-48H,6-28,45-46H2,1-5H3. The van der Waals surface area contributed by atoms with E-state index in [2.05, 4.69) is 144 Å². The number of aromatic nitrogens is 3. The molecule has 1 aliphatic rings. The van der Waals surface area contributed by atoms with Crippen LogP contribution in [0.2, 0.25) is 0 Å². The molecule has 0 bridgehead atoms. The van der Waals surface area contributed by atoms with E-state index in [9.17, 15) is 0 Å². The molecule has 0 radical (unpaired) electrons. The Labute approximate surface area is 407 Å². The molecule has 0 atom stereocenters. The van der Waals surface area contributed by atoms with E-state index in [0.29, 0.717) is 11.6 Å². The van der Waals surface area contributed by atoms with Gasteiger partial charge in [-0.3, -0.25) is 0 Å². The van der Waals surface area contributed by atoms with Crippen LogP contribution in [-0.2, 0) is 11.8 Å². The molecule has 3 nitrogen and oxygen atoms in total. The minimum Gasteiger partial charge on any atom is -0.208 e. The Morgan fingerprint density at radius 1 is 0.328 bits per heavy atom. The summed E-state index contributed by atoms with van der Waals surface area (Å²) in [5, 5.41) is 0. The maximum Gasteiger partial charge on any atom is 0.164 e. The van der Waals surface area contributed by atoms with E-state index in [-0.39, 0.29) is 5.41 Å². The first kappa shape index (κ1) is 50.0. The number of fused-ring (bicyclic) bond motifs is 3. The number of nitrogens with zero attached hydrogens (tertiary/aromatic N) is 3. The van der Waals surface area contributed by atoms with Crippen molar-refractivity contribution in [2.45, 2.75) is 201 Å². The molecule has 7 rings (SSSR count). The Kier molecular flexibility index (Phi) is 19.4. The Bertz CT molecular complexity index is 2370. The third kappa shape index (κ3) is 13.6. The molecule has 354 valence electrons. The second-order valence-electron chi connectivity index (χ2n) is 20.3. The summed E-state index contributed by atoms with van der Waals surface area (Å²) in [4.78, 5) is 15.3. The van der Waals surface area contributed by atoms with Gasteiger partial charge in [0.1, 0.15) is 0 Å². The molecule has 0 aliphatic heterocycles. The zero-order valence-electron chi connectivity index (χ0n) is 42.4. The van der Waals surface area contributed by atoms with Crippen LogP contribution in [0.25, 0.3) is 56.4 Å². The number of rotatable bonds is 29. The predicted octanol–water partition coefficient (Wildman–Crippen LogP) is 19.4. The Hall–Kier alpha value is -4.89. The van der Waals surface area contributed by atoms with Crippen LogP contribution in [0, 0.1) is 13.8 Å². The molecular weight excluding hydrogens is 811 g/mol. The Morgan fingerprint density at radius 3 is 1.18 bits per heavy atom. The van der Waals surface area contributed by atoms with Gasteiger partial charge in [0.15, 0.2) is 17.5 Å². The van der Waals surface area contributed by atoms with Crippen LogP contribution < -0.4 is 0 Å². The van der Waals surface area contributed by atoms with Crippen LogP contribution in [0.4, 0.5) is 0 Å². The lowest BCUT2D eigenvalue weighted by Crippen LogP contribution is -2.25. The molecular formula is C64H83N3. The molecule has 0 saturated heterocycles. The maximum absolute atomic E-state index is 5.15. The minimum absolute atomic E-state index is 0.0565. The molecule has 3 heteroatoms. The fraction of sp³-hybridized carbons (Fsp3) is 0.484. The van der Waals surface area contributed by atoms with Crippen LogP contribution >= 0.6 is 0 Å². The molecule has 0 saturated carbocycles. The third-order valence-corrected chi connectivity index (χ3v) is 14.9. The maximum atomic E-state index is 5.15. The summed E-state index contributed by atoms with van der Waals surface area (Å²) in [6.45, 7) is 11.3. The molecule has 1 aliphatic carbocycles. The zero-order chi connectivity index (χ0) is 46.7. The van der Waals surface area contributed by atoms with Crippen molar-refractivity contribution in [3.8, 4) is 56.4 Å². The van der Waals surface area contributed by atoms with Crippen LogP contribution in [0.1, 0.15) is 203 Å². The third-order valence-electron chi connectivity index (χ3n) is 14.9. The molecule has 1 heterocycles. The van der Waals surface area contributed by atoms with Crippen LogP contribution in [-0.4, -0.2) is 15.0 Å². The molecule has 0 fully saturated rings. The molecule has 6 aromatic rings. The highest BCUT2D eigenvalue weighted by Gasteiger charge is 2.42. The second-order valence-corrected chi connectivity index (χ2v) is 20.3. The van der Waals surface area contributed by atoms with Crippen molar-refractivity contribution < 1.29 is 0 Å². The van der Waals surface area contributed by atoms with Gasteiger partial charge in [0.25, 0.3) is 0 Å². The lowest BCUT2D eigenvalue weighted by atomic mass is 9.70. The number of benzene rings is 5. The SMILES string of the molecule is CCCCCCCCCCCCc1ccc(-c2nc(-c3ccc(C)cc3)nc(-c3ccc(-c4ccc5c(c4)C(CCCCCCCC)(CCCCCCCC)c4cc(C)ccc4-5)cc3)n2)cc1. The smallest absolute Gasteiger partial charge is 0.164 e. The van der Waals surface area contributed by atoms with Crippen molar-refractivity contribution in [1.29, 1.82) is 0 Å². The van der Waals surface area contributed by atoms with Gasteiger partial charge >= 0.3 is 0 Å². The van der Waals surface area contributed by atoms with E-state index in [1.807, 2.05) is 0 Å².